The molecule has 1 heterocycles. The number of carbonyl (C=O) groups is 2. The van der Waals surface area contributed by atoms with Gasteiger partial charge in [0.1, 0.15) is 29.7 Å². The number of hydrogen-bond acceptors (Lipinski definition) is 7. The molecule has 0 aliphatic carbocycles. The zero-order valence-electron chi connectivity index (χ0n) is 18.2. The van der Waals surface area contributed by atoms with Crippen LogP contribution in [0.5, 0.6) is 11.5 Å². The SMILES string of the molecule is O=C(COCc1nc2ccccc2s1)NNC(=O)COc1ccc(OCc2ccccc2)cc1. The highest BCUT2D eigenvalue weighted by Crippen LogP contribution is 2.22. The fraction of sp³-hybridized carbons (Fsp3) is 0.160. The molecule has 0 atom stereocenters. The molecule has 0 radical (unpaired) electrons. The van der Waals surface area contributed by atoms with Crippen molar-refractivity contribution in [2.75, 3.05) is 13.2 Å². The lowest BCUT2D eigenvalue weighted by atomic mass is 10.2. The Morgan fingerprint density at radius 3 is 2.12 bits per heavy atom. The topological polar surface area (TPSA) is 98.8 Å². The number of ether oxygens (including phenoxy) is 3. The van der Waals surface area contributed by atoms with Crippen molar-refractivity contribution in [1.29, 1.82) is 0 Å². The molecular formula is C25H23N3O5S. The summed E-state index contributed by atoms with van der Waals surface area (Å²) >= 11 is 1.51. The van der Waals surface area contributed by atoms with E-state index in [-0.39, 0.29) is 19.8 Å². The highest BCUT2D eigenvalue weighted by molar-refractivity contribution is 7.18. The lowest BCUT2D eigenvalue weighted by Gasteiger charge is -2.10. The molecule has 0 spiro atoms. The van der Waals surface area contributed by atoms with E-state index in [4.69, 9.17) is 14.2 Å². The zero-order valence-corrected chi connectivity index (χ0v) is 19.0. The third-order valence-corrected chi connectivity index (χ3v) is 5.59. The summed E-state index contributed by atoms with van der Waals surface area (Å²) in [6.45, 7) is 0.223. The molecule has 0 unspecified atom stereocenters. The number of nitrogens with one attached hydrogen (secondary N) is 2. The first kappa shape index (κ1) is 23.2. The van der Waals surface area contributed by atoms with Gasteiger partial charge in [-0.05, 0) is 42.0 Å². The summed E-state index contributed by atoms with van der Waals surface area (Å²) in [6, 6.07) is 24.6. The van der Waals surface area contributed by atoms with E-state index < -0.39 is 11.8 Å². The van der Waals surface area contributed by atoms with E-state index in [9.17, 15) is 9.59 Å². The molecule has 0 saturated carbocycles. The Hall–Kier alpha value is -3.95. The third kappa shape index (κ3) is 7.03. The van der Waals surface area contributed by atoms with Crippen LogP contribution in [0.1, 0.15) is 10.6 Å². The van der Waals surface area contributed by atoms with Crippen LogP contribution in [0.2, 0.25) is 0 Å². The van der Waals surface area contributed by atoms with Gasteiger partial charge in [0, 0.05) is 0 Å². The van der Waals surface area contributed by atoms with E-state index in [1.807, 2.05) is 54.6 Å². The molecule has 0 bridgehead atoms. The van der Waals surface area contributed by atoms with E-state index in [0.717, 1.165) is 20.8 Å². The Morgan fingerprint density at radius 2 is 1.38 bits per heavy atom. The minimum absolute atomic E-state index is 0.207. The van der Waals surface area contributed by atoms with Crippen LogP contribution >= 0.6 is 11.3 Å². The molecule has 34 heavy (non-hydrogen) atoms. The monoisotopic (exact) mass is 477 g/mol. The number of para-hydroxylation sites is 1. The van der Waals surface area contributed by atoms with Crippen LogP contribution in [0.25, 0.3) is 10.2 Å². The van der Waals surface area contributed by atoms with Gasteiger partial charge in [-0.25, -0.2) is 4.98 Å². The Labute approximate surface area is 200 Å². The average molecular weight is 478 g/mol. The molecule has 0 fully saturated rings. The standard InChI is InChI=1S/C25H23N3O5S/c29-23(15-31-17-25-26-21-8-4-5-9-22(21)34-25)27-28-24(30)16-33-20-12-10-19(11-13-20)32-14-18-6-2-1-3-7-18/h1-13H,14-17H2,(H,27,29)(H,28,30). The second kappa shape index (κ2) is 11.8. The van der Waals surface area contributed by atoms with Gasteiger partial charge in [0.2, 0.25) is 0 Å². The normalized spacial score (nSPS) is 10.6. The highest BCUT2D eigenvalue weighted by atomic mass is 32.1. The van der Waals surface area contributed by atoms with Crippen molar-refractivity contribution in [2.45, 2.75) is 13.2 Å². The van der Waals surface area contributed by atoms with E-state index in [1.54, 1.807) is 24.3 Å². The van der Waals surface area contributed by atoms with Crippen molar-refractivity contribution in [3.63, 3.8) is 0 Å². The molecular weight excluding hydrogens is 454 g/mol. The van der Waals surface area contributed by atoms with Crippen molar-refractivity contribution >= 4 is 33.4 Å². The molecule has 174 valence electrons. The number of hydrazine groups is 1. The maximum absolute atomic E-state index is 11.9. The number of amides is 2. The second-order valence-corrected chi connectivity index (χ2v) is 8.31. The first-order valence-electron chi connectivity index (χ1n) is 10.6. The van der Waals surface area contributed by atoms with Crippen molar-refractivity contribution in [3.05, 3.63) is 89.4 Å². The zero-order chi connectivity index (χ0) is 23.6. The number of benzene rings is 3. The van der Waals surface area contributed by atoms with Crippen molar-refractivity contribution < 1.29 is 23.8 Å². The Morgan fingerprint density at radius 1 is 0.735 bits per heavy atom. The highest BCUT2D eigenvalue weighted by Gasteiger charge is 2.08. The molecule has 4 rings (SSSR count). The molecule has 2 N–H and O–H groups in total. The van der Waals surface area contributed by atoms with Gasteiger partial charge in [-0.2, -0.15) is 0 Å². The summed E-state index contributed by atoms with van der Waals surface area (Å²) in [7, 11) is 0. The van der Waals surface area contributed by atoms with Gasteiger partial charge in [-0.15, -0.1) is 11.3 Å². The average Bonchev–Trinajstić information content (AvgIpc) is 3.29. The number of hydrogen-bond donors (Lipinski definition) is 2. The fourth-order valence-electron chi connectivity index (χ4n) is 2.95. The Balaban J connectivity index is 1.10. The number of thiazole rings is 1. The third-order valence-electron chi connectivity index (χ3n) is 4.58. The summed E-state index contributed by atoms with van der Waals surface area (Å²) in [5.41, 5.74) is 6.56. The minimum Gasteiger partial charge on any atom is -0.489 e. The van der Waals surface area contributed by atoms with Crippen LogP contribution in [0, 0.1) is 0 Å². The molecule has 1 aromatic heterocycles. The predicted molar refractivity (Wildman–Crippen MR) is 128 cm³/mol. The van der Waals surface area contributed by atoms with Crippen LogP contribution in [-0.2, 0) is 27.5 Å². The van der Waals surface area contributed by atoms with Crippen LogP contribution in [0.4, 0.5) is 0 Å². The van der Waals surface area contributed by atoms with Gasteiger partial charge >= 0.3 is 0 Å². The number of carbonyl (C=O) groups excluding carboxylic acids is 2. The molecule has 8 nitrogen and oxygen atoms in total. The van der Waals surface area contributed by atoms with Crippen molar-refractivity contribution in [2.24, 2.45) is 0 Å². The van der Waals surface area contributed by atoms with Crippen LogP contribution < -0.4 is 20.3 Å². The number of rotatable bonds is 10. The predicted octanol–water partition coefficient (Wildman–Crippen LogP) is 3.62. The van der Waals surface area contributed by atoms with E-state index in [1.165, 1.54) is 11.3 Å². The summed E-state index contributed by atoms with van der Waals surface area (Å²) in [5.74, 6) is 0.227. The van der Waals surface area contributed by atoms with Gasteiger partial charge in [0.05, 0.1) is 16.8 Å². The molecule has 2 amide bonds. The Kier molecular flexibility index (Phi) is 8.04. The van der Waals surface area contributed by atoms with E-state index in [2.05, 4.69) is 15.8 Å². The van der Waals surface area contributed by atoms with Crippen molar-refractivity contribution in [3.8, 4) is 11.5 Å². The number of fused-ring (bicyclic) bond motifs is 1. The van der Waals surface area contributed by atoms with Crippen molar-refractivity contribution in [1.82, 2.24) is 15.8 Å². The maximum atomic E-state index is 11.9. The first-order valence-corrected chi connectivity index (χ1v) is 11.4. The maximum Gasteiger partial charge on any atom is 0.276 e. The molecule has 0 aliphatic rings. The molecule has 9 heteroatoms. The lowest BCUT2D eigenvalue weighted by molar-refractivity contribution is -0.132. The summed E-state index contributed by atoms with van der Waals surface area (Å²) in [6.07, 6.45) is 0. The smallest absolute Gasteiger partial charge is 0.276 e. The van der Waals surface area contributed by atoms with Crippen LogP contribution in [-0.4, -0.2) is 30.0 Å². The number of nitrogens with zero attached hydrogens (tertiary/aromatic N) is 1. The quantitative estimate of drug-likeness (QED) is 0.339. The molecule has 3 aromatic carbocycles. The summed E-state index contributed by atoms with van der Waals surface area (Å²) in [5, 5.41) is 0.780. The van der Waals surface area contributed by atoms with Gasteiger partial charge in [0.15, 0.2) is 6.61 Å². The summed E-state index contributed by atoms with van der Waals surface area (Å²) < 4.78 is 17.6. The van der Waals surface area contributed by atoms with Gasteiger partial charge in [-0.1, -0.05) is 42.5 Å². The second-order valence-electron chi connectivity index (χ2n) is 7.20. The first-order chi connectivity index (χ1) is 16.7. The van der Waals surface area contributed by atoms with E-state index >= 15 is 0 Å². The molecule has 0 aliphatic heterocycles. The van der Waals surface area contributed by atoms with Gasteiger partial charge in [-0.3, -0.25) is 20.4 Å². The Bertz CT molecular complexity index is 1200. The van der Waals surface area contributed by atoms with Gasteiger partial charge < -0.3 is 14.2 Å². The largest absolute Gasteiger partial charge is 0.489 e. The van der Waals surface area contributed by atoms with E-state index in [0.29, 0.717) is 18.1 Å². The summed E-state index contributed by atoms with van der Waals surface area (Å²) in [4.78, 5) is 28.2. The van der Waals surface area contributed by atoms with Gasteiger partial charge in [0.25, 0.3) is 11.8 Å². The molecule has 4 aromatic rings. The molecule has 0 saturated heterocycles. The number of aromatic nitrogens is 1. The lowest BCUT2D eigenvalue weighted by Crippen LogP contribution is -2.45. The van der Waals surface area contributed by atoms with Crippen LogP contribution in [0.3, 0.4) is 0 Å². The minimum atomic E-state index is -0.496. The fourth-order valence-corrected chi connectivity index (χ4v) is 3.85. The van der Waals surface area contributed by atoms with Crippen LogP contribution in [0.15, 0.2) is 78.9 Å².